The molecule has 0 aliphatic carbocycles. The minimum absolute atomic E-state index is 0.549. The van der Waals surface area contributed by atoms with Gasteiger partial charge in [-0.15, -0.1) is 0 Å². The molecule has 0 radical (unpaired) electrons. The Morgan fingerprint density at radius 1 is 1.89 bits per heavy atom. The van der Waals surface area contributed by atoms with Gasteiger partial charge in [0.05, 0.1) is 0 Å². The van der Waals surface area contributed by atoms with E-state index in [1.54, 1.807) is 6.92 Å². The molecule has 0 heterocycles. The molecule has 0 bridgehead atoms. The van der Waals surface area contributed by atoms with Gasteiger partial charge >= 0.3 is 5.30 Å². The molecular formula is C5H9FO2S. The van der Waals surface area contributed by atoms with Crippen LogP contribution in [0.3, 0.4) is 0 Å². The summed E-state index contributed by atoms with van der Waals surface area (Å²) >= 11 is 0.958. The molecule has 1 atom stereocenters. The predicted molar refractivity (Wildman–Crippen MR) is 35.2 cm³/mol. The van der Waals surface area contributed by atoms with Crippen LogP contribution < -0.4 is 0 Å². The fraction of sp³-hybridized carbons (Fsp3) is 0.800. The van der Waals surface area contributed by atoms with Gasteiger partial charge in [0.25, 0.3) is 0 Å². The third-order valence-electron chi connectivity index (χ3n) is 0.521. The molecular weight excluding hydrogens is 143 g/mol. The molecule has 0 saturated carbocycles. The monoisotopic (exact) mass is 152 g/mol. The van der Waals surface area contributed by atoms with Gasteiger partial charge in [0, 0.05) is 12.7 Å². The van der Waals surface area contributed by atoms with E-state index in [0.29, 0.717) is 5.75 Å². The Hall–Kier alpha value is -0.250. The molecule has 0 aliphatic heterocycles. The molecule has 1 unspecified atom stereocenters. The highest BCUT2D eigenvalue weighted by atomic mass is 32.2. The molecule has 0 aliphatic rings. The van der Waals surface area contributed by atoms with Crippen LogP contribution in [0.4, 0.5) is 9.18 Å². The summed E-state index contributed by atoms with van der Waals surface area (Å²) in [6, 6.07) is 0. The summed E-state index contributed by atoms with van der Waals surface area (Å²) in [6.45, 7) is 2.98. The first-order valence-electron chi connectivity index (χ1n) is 2.64. The maximum Gasteiger partial charge on any atom is 0.369 e. The number of hydrogen-bond donors (Lipinski definition) is 0. The van der Waals surface area contributed by atoms with E-state index in [9.17, 15) is 9.18 Å². The van der Waals surface area contributed by atoms with E-state index in [2.05, 4.69) is 4.74 Å². The number of alkyl halides is 1. The summed E-state index contributed by atoms with van der Waals surface area (Å²) in [5, 5.41) is -0.549. The summed E-state index contributed by atoms with van der Waals surface area (Å²) in [4.78, 5) is 10.4. The lowest BCUT2D eigenvalue weighted by Gasteiger charge is -2.01. The molecule has 4 heteroatoms. The summed E-state index contributed by atoms with van der Waals surface area (Å²) < 4.78 is 16.0. The standard InChI is InChI=1S/C5H9FO2S/c1-3-9-5(7)8-4(2)6/h4H,3H2,1-2H3. The van der Waals surface area contributed by atoms with Gasteiger partial charge in [-0.1, -0.05) is 6.92 Å². The van der Waals surface area contributed by atoms with Gasteiger partial charge in [-0.25, -0.2) is 9.18 Å². The molecule has 0 saturated heterocycles. The van der Waals surface area contributed by atoms with E-state index < -0.39 is 11.7 Å². The van der Waals surface area contributed by atoms with E-state index in [1.165, 1.54) is 6.92 Å². The number of halogens is 1. The zero-order valence-electron chi connectivity index (χ0n) is 5.39. The molecule has 0 rings (SSSR count). The molecule has 0 fully saturated rings. The van der Waals surface area contributed by atoms with Crippen LogP contribution in [-0.2, 0) is 4.74 Å². The number of ether oxygens (including phenoxy) is 1. The molecule has 54 valence electrons. The quantitative estimate of drug-likeness (QED) is 0.567. The third kappa shape index (κ3) is 5.62. The van der Waals surface area contributed by atoms with Crippen LogP contribution >= 0.6 is 11.8 Å². The maximum atomic E-state index is 11.8. The Morgan fingerprint density at radius 2 is 2.44 bits per heavy atom. The number of rotatable bonds is 2. The second-order valence-corrected chi connectivity index (χ2v) is 2.54. The normalized spacial score (nSPS) is 12.8. The van der Waals surface area contributed by atoms with Crippen LogP contribution in [0.2, 0.25) is 0 Å². The Morgan fingerprint density at radius 3 is 2.78 bits per heavy atom. The Labute approximate surface area is 57.8 Å². The highest BCUT2D eigenvalue weighted by molar-refractivity contribution is 8.13. The van der Waals surface area contributed by atoms with Gasteiger partial charge in [0.15, 0.2) is 0 Å². The topological polar surface area (TPSA) is 26.3 Å². The predicted octanol–water partition coefficient (Wildman–Crippen LogP) is 2.19. The molecule has 0 aromatic rings. The van der Waals surface area contributed by atoms with Crippen LogP contribution in [0, 0.1) is 0 Å². The van der Waals surface area contributed by atoms with Crippen LogP contribution in [-0.4, -0.2) is 17.4 Å². The van der Waals surface area contributed by atoms with E-state index in [0.717, 1.165) is 11.8 Å². The average molecular weight is 152 g/mol. The number of carbonyl (C=O) groups is 1. The first-order chi connectivity index (χ1) is 4.16. The van der Waals surface area contributed by atoms with Crippen LogP contribution in [0.15, 0.2) is 0 Å². The van der Waals surface area contributed by atoms with Crippen molar-refractivity contribution in [2.24, 2.45) is 0 Å². The van der Waals surface area contributed by atoms with Crippen LogP contribution in [0.25, 0.3) is 0 Å². The van der Waals surface area contributed by atoms with Gasteiger partial charge in [-0.3, -0.25) is 0 Å². The van der Waals surface area contributed by atoms with Crippen LogP contribution in [0.1, 0.15) is 13.8 Å². The maximum absolute atomic E-state index is 11.8. The minimum Gasteiger partial charge on any atom is -0.423 e. The molecule has 2 nitrogen and oxygen atoms in total. The summed E-state index contributed by atoms with van der Waals surface area (Å²) in [5.74, 6) is 0.617. The van der Waals surface area contributed by atoms with Crippen molar-refractivity contribution in [3.63, 3.8) is 0 Å². The molecule has 0 aromatic heterocycles. The van der Waals surface area contributed by atoms with Crippen molar-refractivity contribution in [1.29, 1.82) is 0 Å². The summed E-state index contributed by atoms with van der Waals surface area (Å²) in [5.41, 5.74) is 0. The minimum atomic E-state index is -1.49. The van der Waals surface area contributed by atoms with Crippen molar-refractivity contribution >= 4 is 17.1 Å². The van der Waals surface area contributed by atoms with Crippen LogP contribution in [0.5, 0.6) is 0 Å². The van der Waals surface area contributed by atoms with E-state index in [-0.39, 0.29) is 0 Å². The zero-order chi connectivity index (χ0) is 7.28. The van der Waals surface area contributed by atoms with Crippen molar-refractivity contribution in [2.75, 3.05) is 5.75 Å². The van der Waals surface area contributed by atoms with Gasteiger partial charge in [0.1, 0.15) is 0 Å². The van der Waals surface area contributed by atoms with Gasteiger partial charge in [-0.2, -0.15) is 0 Å². The highest BCUT2D eigenvalue weighted by Crippen LogP contribution is 2.06. The second-order valence-electron chi connectivity index (χ2n) is 1.34. The van der Waals surface area contributed by atoms with Crippen molar-refractivity contribution in [3.8, 4) is 0 Å². The Balaban J connectivity index is 3.27. The molecule has 0 amide bonds. The third-order valence-corrected chi connectivity index (χ3v) is 1.14. The first kappa shape index (κ1) is 8.75. The van der Waals surface area contributed by atoms with Crippen molar-refractivity contribution < 1.29 is 13.9 Å². The van der Waals surface area contributed by atoms with Gasteiger partial charge in [0.2, 0.25) is 6.36 Å². The number of hydrogen-bond acceptors (Lipinski definition) is 3. The van der Waals surface area contributed by atoms with Crippen molar-refractivity contribution in [2.45, 2.75) is 20.2 Å². The lowest BCUT2D eigenvalue weighted by atomic mass is 10.8. The Bertz CT molecular complexity index is 95.0. The van der Waals surface area contributed by atoms with Crippen molar-refractivity contribution in [1.82, 2.24) is 0 Å². The highest BCUT2D eigenvalue weighted by Gasteiger charge is 2.05. The molecule has 0 N–H and O–H groups in total. The SMILES string of the molecule is CCSC(=O)OC(C)F. The number of thioether (sulfide) groups is 1. The summed E-state index contributed by atoms with van der Waals surface area (Å²) in [6.07, 6.45) is -1.49. The largest absolute Gasteiger partial charge is 0.423 e. The van der Waals surface area contributed by atoms with Gasteiger partial charge in [-0.05, 0) is 11.8 Å². The smallest absolute Gasteiger partial charge is 0.369 e. The molecule has 9 heavy (non-hydrogen) atoms. The van der Waals surface area contributed by atoms with E-state index in [1.807, 2.05) is 0 Å². The zero-order valence-corrected chi connectivity index (χ0v) is 6.20. The Kier molecular flexibility index (Phi) is 4.48. The lowest BCUT2D eigenvalue weighted by molar-refractivity contribution is 0.0449. The van der Waals surface area contributed by atoms with Gasteiger partial charge < -0.3 is 4.74 Å². The second kappa shape index (κ2) is 4.61. The fourth-order valence-electron chi connectivity index (χ4n) is 0.284. The number of carbonyl (C=O) groups excluding carboxylic acids is 1. The molecule has 0 spiro atoms. The van der Waals surface area contributed by atoms with E-state index >= 15 is 0 Å². The fourth-order valence-corrected chi connectivity index (χ4v) is 0.721. The average Bonchev–Trinajstić information content (AvgIpc) is 1.63. The lowest BCUT2D eigenvalue weighted by Crippen LogP contribution is -2.04. The summed E-state index contributed by atoms with van der Waals surface area (Å²) in [7, 11) is 0. The van der Waals surface area contributed by atoms with Crippen molar-refractivity contribution in [3.05, 3.63) is 0 Å². The van der Waals surface area contributed by atoms with E-state index in [4.69, 9.17) is 0 Å². The molecule has 0 aromatic carbocycles. The first-order valence-corrected chi connectivity index (χ1v) is 3.63.